The van der Waals surface area contributed by atoms with Crippen molar-refractivity contribution in [3.05, 3.63) is 47.3 Å². The summed E-state index contributed by atoms with van der Waals surface area (Å²) < 4.78 is 1.37. The lowest BCUT2D eigenvalue weighted by atomic mass is 10.1. The highest BCUT2D eigenvalue weighted by atomic mass is 16.3. The molecule has 0 saturated heterocycles. The van der Waals surface area contributed by atoms with Crippen molar-refractivity contribution in [2.24, 2.45) is 0 Å². The van der Waals surface area contributed by atoms with E-state index in [1.807, 2.05) is 20.8 Å². The number of aliphatic hydroxyl groups excluding tert-OH is 2. The zero-order valence-corrected chi connectivity index (χ0v) is 16.0. The van der Waals surface area contributed by atoms with Gasteiger partial charge in [0, 0.05) is 24.1 Å². The highest BCUT2D eigenvalue weighted by Crippen LogP contribution is 2.25. The highest BCUT2D eigenvalue weighted by Gasteiger charge is 2.18. The molecule has 1 unspecified atom stereocenters. The van der Waals surface area contributed by atoms with Crippen molar-refractivity contribution >= 4 is 28.2 Å². The maximum absolute atomic E-state index is 13.0. The SMILES string of the molecule is CC(C)(C)Nc1nc(Nc2cnccn2)cc2ccn(CC(O)CO)c(=O)c12. The summed E-state index contributed by atoms with van der Waals surface area (Å²) in [6, 6.07) is 3.53. The van der Waals surface area contributed by atoms with Crippen molar-refractivity contribution < 1.29 is 10.2 Å². The first-order valence-electron chi connectivity index (χ1n) is 8.91. The number of pyridine rings is 2. The van der Waals surface area contributed by atoms with Crippen LogP contribution in [0.1, 0.15) is 20.8 Å². The number of aliphatic hydroxyl groups is 2. The van der Waals surface area contributed by atoms with Gasteiger partial charge in [0.25, 0.3) is 5.56 Å². The number of rotatable bonds is 6. The van der Waals surface area contributed by atoms with E-state index < -0.39 is 12.7 Å². The van der Waals surface area contributed by atoms with Gasteiger partial charge in [-0.3, -0.25) is 9.78 Å². The van der Waals surface area contributed by atoms with Crippen LogP contribution in [0.2, 0.25) is 0 Å². The van der Waals surface area contributed by atoms with Crippen molar-refractivity contribution in [2.75, 3.05) is 17.2 Å². The van der Waals surface area contributed by atoms with Gasteiger partial charge < -0.3 is 25.4 Å². The summed E-state index contributed by atoms with van der Waals surface area (Å²) in [6.07, 6.45) is 5.31. The molecule has 0 aliphatic heterocycles. The summed E-state index contributed by atoms with van der Waals surface area (Å²) in [6.45, 7) is 5.50. The maximum atomic E-state index is 13.0. The van der Waals surface area contributed by atoms with Crippen LogP contribution in [0.4, 0.5) is 17.5 Å². The van der Waals surface area contributed by atoms with Crippen molar-refractivity contribution in [3.63, 3.8) is 0 Å². The van der Waals surface area contributed by atoms with E-state index in [1.165, 1.54) is 4.57 Å². The van der Waals surface area contributed by atoms with Crippen molar-refractivity contribution in [1.82, 2.24) is 19.5 Å². The smallest absolute Gasteiger partial charge is 0.262 e. The summed E-state index contributed by atoms with van der Waals surface area (Å²) in [5.41, 5.74) is -0.627. The lowest BCUT2D eigenvalue weighted by Gasteiger charge is -2.23. The first-order valence-corrected chi connectivity index (χ1v) is 8.91. The minimum Gasteiger partial charge on any atom is -0.394 e. The van der Waals surface area contributed by atoms with Crippen LogP contribution in [0.3, 0.4) is 0 Å². The van der Waals surface area contributed by atoms with Crippen LogP contribution < -0.4 is 16.2 Å². The normalized spacial score (nSPS) is 12.8. The van der Waals surface area contributed by atoms with Crippen LogP contribution in [0.25, 0.3) is 10.8 Å². The molecule has 3 rings (SSSR count). The minimum absolute atomic E-state index is 0.000161. The Hall–Kier alpha value is -3.04. The van der Waals surface area contributed by atoms with E-state index in [0.29, 0.717) is 28.2 Å². The third kappa shape index (κ3) is 4.62. The van der Waals surface area contributed by atoms with Gasteiger partial charge >= 0.3 is 0 Å². The molecule has 0 aliphatic carbocycles. The lowest BCUT2D eigenvalue weighted by molar-refractivity contribution is 0.0805. The van der Waals surface area contributed by atoms with E-state index in [9.17, 15) is 9.90 Å². The fourth-order valence-corrected chi connectivity index (χ4v) is 2.74. The number of hydrogen-bond donors (Lipinski definition) is 4. The van der Waals surface area contributed by atoms with Gasteiger partial charge in [-0.2, -0.15) is 0 Å². The van der Waals surface area contributed by atoms with E-state index in [1.54, 1.807) is 36.9 Å². The quantitative estimate of drug-likeness (QED) is 0.504. The van der Waals surface area contributed by atoms with Gasteiger partial charge in [-0.15, -0.1) is 0 Å². The molecule has 3 aromatic rings. The summed E-state index contributed by atoms with van der Waals surface area (Å²) >= 11 is 0. The van der Waals surface area contributed by atoms with Gasteiger partial charge in [0.05, 0.1) is 30.8 Å². The fraction of sp³-hybridized carbons (Fsp3) is 0.368. The predicted molar refractivity (Wildman–Crippen MR) is 108 cm³/mol. The molecule has 1 atom stereocenters. The first-order chi connectivity index (χ1) is 13.3. The molecule has 28 heavy (non-hydrogen) atoms. The molecular formula is C19H24N6O3. The van der Waals surface area contributed by atoms with E-state index in [-0.39, 0.29) is 17.6 Å². The number of aromatic nitrogens is 4. The number of anilines is 3. The molecule has 0 spiro atoms. The first kappa shape index (κ1) is 19.7. The van der Waals surface area contributed by atoms with Crippen molar-refractivity contribution in [3.8, 4) is 0 Å². The average Bonchev–Trinajstić information content (AvgIpc) is 2.63. The second-order valence-electron chi connectivity index (χ2n) is 7.52. The van der Waals surface area contributed by atoms with Crippen molar-refractivity contribution in [2.45, 2.75) is 39.0 Å². The van der Waals surface area contributed by atoms with Gasteiger partial charge in [0.1, 0.15) is 17.5 Å². The topological polar surface area (TPSA) is 125 Å². The molecule has 0 aromatic carbocycles. The van der Waals surface area contributed by atoms with E-state index in [4.69, 9.17) is 5.11 Å². The van der Waals surface area contributed by atoms with Gasteiger partial charge in [0.15, 0.2) is 0 Å². The van der Waals surface area contributed by atoms with E-state index in [0.717, 1.165) is 0 Å². The van der Waals surface area contributed by atoms with Crippen LogP contribution in [-0.2, 0) is 6.54 Å². The molecular weight excluding hydrogens is 360 g/mol. The molecule has 0 radical (unpaired) electrons. The van der Waals surface area contributed by atoms with Crippen molar-refractivity contribution in [1.29, 1.82) is 0 Å². The van der Waals surface area contributed by atoms with Gasteiger partial charge in [0.2, 0.25) is 0 Å². The van der Waals surface area contributed by atoms with Crippen LogP contribution in [-0.4, -0.2) is 48.0 Å². The monoisotopic (exact) mass is 384 g/mol. The third-order valence-corrected chi connectivity index (χ3v) is 3.89. The summed E-state index contributed by atoms with van der Waals surface area (Å²) in [5.74, 6) is 1.48. The molecule has 9 nitrogen and oxygen atoms in total. The summed E-state index contributed by atoms with van der Waals surface area (Å²) in [5, 5.41) is 26.2. The zero-order chi connectivity index (χ0) is 20.3. The molecule has 0 amide bonds. The molecule has 3 heterocycles. The molecule has 0 aliphatic rings. The van der Waals surface area contributed by atoms with Crippen LogP contribution in [0, 0.1) is 0 Å². The second-order valence-corrected chi connectivity index (χ2v) is 7.52. The van der Waals surface area contributed by atoms with E-state index >= 15 is 0 Å². The largest absolute Gasteiger partial charge is 0.394 e. The van der Waals surface area contributed by atoms with Gasteiger partial charge in [-0.25, -0.2) is 9.97 Å². The third-order valence-electron chi connectivity index (χ3n) is 3.89. The minimum atomic E-state index is -1.01. The van der Waals surface area contributed by atoms with Crippen LogP contribution in [0.15, 0.2) is 41.7 Å². The Morgan fingerprint density at radius 2 is 2.04 bits per heavy atom. The summed E-state index contributed by atoms with van der Waals surface area (Å²) in [4.78, 5) is 25.8. The number of hydrogen-bond acceptors (Lipinski definition) is 8. The standard InChI is InChI=1S/C19H24N6O3/c1-19(2,3)24-17-16-12(4-7-25(18(16)28)10-13(27)11-26)8-14(23-17)22-15-9-20-5-6-21-15/h4-9,13,26-27H,10-11H2,1-3H3,(H2,21,22,23,24). The molecule has 4 N–H and O–H groups in total. The Morgan fingerprint density at radius 3 is 2.68 bits per heavy atom. The van der Waals surface area contributed by atoms with E-state index in [2.05, 4.69) is 25.6 Å². The highest BCUT2D eigenvalue weighted by molar-refractivity contribution is 5.93. The zero-order valence-electron chi connectivity index (χ0n) is 16.0. The molecule has 148 valence electrons. The number of nitrogens with one attached hydrogen (secondary N) is 2. The molecule has 0 bridgehead atoms. The predicted octanol–water partition coefficient (Wildman–Crippen LogP) is 1.49. The summed E-state index contributed by atoms with van der Waals surface area (Å²) in [7, 11) is 0. The number of fused-ring (bicyclic) bond motifs is 1. The Morgan fingerprint density at radius 1 is 1.25 bits per heavy atom. The van der Waals surface area contributed by atoms with Crippen LogP contribution >= 0.6 is 0 Å². The molecule has 0 saturated carbocycles. The Labute approximate surface area is 162 Å². The number of nitrogens with zero attached hydrogens (tertiary/aromatic N) is 4. The second kappa shape index (κ2) is 7.91. The lowest BCUT2D eigenvalue weighted by Crippen LogP contribution is -2.31. The Bertz CT molecular complexity index is 1010. The van der Waals surface area contributed by atoms with Gasteiger partial charge in [-0.1, -0.05) is 0 Å². The molecule has 9 heteroatoms. The molecule has 0 fully saturated rings. The molecule has 3 aromatic heterocycles. The van der Waals surface area contributed by atoms with Gasteiger partial charge in [-0.05, 0) is 38.3 Å². The van der Waals surface area contributed by atoms with Crippen LogP contribution in [0.5, 0.6) is 0 Å². The maximum Gasteiger partial charge on any atom is 0.262 e. The fourth-order valence-electron chi connectivity index (χ4n) is 2.74. The Kier molecular flexibility index (Phi) is 5.57. The average molecular weight is 384 g/mol. The Balaban J connectivity index is 2.12.